The Morgan fingerprint density at radius 3 is 2.82 bits per heavy atom. The molecule has 92 valence electrons. The topological polar surface area (TPSA) is 79.3 Å². The first-order valence-corrected chi connectivity index (χ1v) is 5.54. The van der Waals surface area contributed by atoms with Crippen LogP contribution in [0.4, 0.5) is 0 Å². The van der Waals surface area contributed by atoms with Gasteiger partial charge in [0, 0.05) is 18.8 Å². The highest BCUT2D eigenvalue weighted by Crippen LogP contribution is 2.15. The molecule has 1 heterocycles. The molecule has 0 saturated carbocycles. The Balaban J connectivity index is 2.74. The third-order valence-corrected chi connectivity index (χ3v) is 2.28. The molecule has 1 aromatic heterocycles. The van der Waals surface area contributed by atoms with E-state index in [2.05, 4.69) is 10.3 Å². The Morgan fingerprint density at radius 2 is 2.29 bits per heavy atom. The lowest BCUT2D eigenvalue weighted by Gasteiger charge is -2.16. The van der Waals surface area contributed by atoms with E-state index < -0.39 is 12.0 Å². The summed E-state index contributed by atoms with van der Waals surface area (Å²) in [6.45, 7) is 1.90. The van der Waals surface area contributed by atoms with Crippen LogP contribution in [0.5, 0.6) is 0 Å². The van der Waals surface area contributed by atoms with Crippen molar-refractivity contribution in [1.29, 1.82) is 0 Å². The Kier molecular flexibility index (Phi) is 5.13. The van der Waals surface area contributed by atoms with Gasteiger partial charge < -0.3 is 10.4 Å². The first kappa shape index (κ1) is 13.2. The lowest BCUT2D eigenvalue weighted by Crippen LogP contribution is -2.29. The zero-order chi connectivity index (χ0) is 12.7. The first-order valence-electron chi connectivity index (χ1n) is 5.54. The van der Waals surface area contributed by atoms with Crippen LogP contribution < -0.4 is 5.32 Å². The number of carbonyl (C=O) groups is 2. The molecular weight excluding hydrogens is 220 g/mol. The minimum Gasteiger partial charge on any atom is -0.481 e. The molecule has 0 saturated heterocycles. The fourth-order valence-corrected chi connectivity index (χ4v) is 1.50. The van der Waals surface area contributed by atoms with E-state index in [1.165, 1.54) is 0 Å². The molecule has 0 bridgehead atoms. The molecule has 0 radical (unpaired) electrons. The summed E-state index contributed by atoms with van der Waals surface area (Å²) >= 11 is 0. The van der Waals surface area contributed by atoms with Gasteiger partial charge in [-0.2, -0.15) is 0 Å². The maximum absolute atomic E-state index is 11.5. The molecule has 1 aromatic rings. The summed E-state index contributed by atoms with van der Waals surface area (Å²) in [4.78, 5) is 26.2. The smallest absolute Gasteiger partial charge is 0.305 e. The number of amides is 1. The molecule has 0 aliphatic rings. The van der Waals surface area contributed by atoms with Crippen LogP contribution in [0, 0.1) is 0 Å². The normalized spacial score (nSPS) is 11.8. The molecule has 0 aromatic carbocycles. The van der Waals surface area contributed by atoms with Crippen molar-refractivity contribution in [2.45, 2.75) is 32.2 Å². The van der Waals surface area contributed by atoms with Crippen molar-refractivity contribution in [1.82, 2.24) is 10.3 Å². The number of pyridine rings is 1. The van der Waals surface area contributed by atoms with Crippen molar-refractivity contribution >= 4 is 11.9 Å². The number of carbonyl (C=O) groups excluding carboxylic acids is 1. The van der Waals surface area contributed by atoms with Gasteiger partial charge in [-0.05, 0) is 18.1 Å². The Morgan fingerprint density at radius 1 is 1.53 bits per heavy atom. The maximum Gasteiger partial charge on any atom is 0.305 e. The summed E-state index contributed by atoms with van der Waals surface area (Å²) < 4.78 is 0. The molecule has 2 N–H and O–H groups in total. The van der Waals surface area contributed by atoms with E-state index in [9.17, 15) is 9.59 Å². The van der Waals surface area contributed by atoms with Crippen LogP contribution in [0.2, 0.25) is 0 Å². The highest BCUT2D eigenvalue weighted by Gasteiger charge is 2.17. The van der Waals surface area contributed by atoms with E-state index in [0.29, 0.717) is 12.0 Å². The van der Waals surface area contributed by atoms with Crippen LogP contribution >= 0.6 is 0 Å². The zero-order valence-corrected chi connectivity index (χ0v) is 9.72. The predicted octanol–water partition coefficient (Wildman–Crippen LogP) is 1.51. The standard InChI is InChI=1S/C12H16N2O3/c1-2-4-11(15)14-10(7-12(16)17)9-5-3-6-13-8-9/h3,5-6,8,10H,2,4,7H2,1H3,(H,14,15)(H,16,17). The molecule has 1 rings (SSSR count). The Labute approximate surface area is 99.9 Å². The van der Waals surface area contributed by atoms with Crippen molar-refractivity contribution < 1.29 is 14.7 Å². The summed E-state index contributed by atoms with van der Waals surface area (Å²) in [7, 11) is 0. The Hall–Kier alpha value is -1.91. The number of carboxylic acid groups (broad SMARTS) is 1. The minimum atomic E-state index is -0.948. The number of aliphatic carboxylic acids is 1. The fourth-order valence-electron chi connectivity index (χ4n) is 1.50. The van der Waals surface area contributed by atoms with Crippen LogP contribution in [0.1, 0.15) is 37.8 Å². The maximum atomic E-state index is 11.5. The van der Waals surface area contributed by atoms with Gasteiger partial charge in [0.25, 0.3) is 0 Å². The third kappa shape index (κ3) is 4.63. The Bertz CT molecular complexity index is 379. The number of hydrogen-bond donors (Lipinski definition) is 2. The van der Waals surface area contributed by atoms with Crippen LogP contribution in [0.25, 0.3) is 0 Å². The molecule has 5 nitrogen and oxygen atoms in total. The molecular formula is C12H16N2O3. The van der Waals surface area contributed by atoms with Gasteiger partial charge in [-0.3, -0.25) is 14.6 Å². The van der Waals surface area contributed by atoms with E-state index >= 15 is 0 Å². The second kappa shape index (κ2) is 6.62. The van der Waals surface area contributed by atoms with Crippen molar-refractivity contribution in [2.24, 2.45) is 0 Å². The number of nitrogens with one attached hydrogen (secondary N) is 1. The van der Waals surface area contributed by atoms with Gasteiger partial charge in [-0.1, -0.05) is 13.0 Å². The number of aromatic nitrogens is 1. The number of nitrogens with zero attached hydrogens (tertiary/aromatic N) is 1. The number of rotatable bonds is 6. The van der Waals surface area contributed by atoms with Gasteiger partial charge in [-0.25, -0.2) is 0 Å². The van der Waals surface area contributed by atoms with Gasteiger partial charge in [0.05, 0.1) is 12.5 Å². The molecule has 5 heteroatoms. The van der Waals surface area contributed by atoms with Crippen LogP contribution in [0.15, 0.2) is 24.5 Å². The van der Waals surface area contributed by atoms with E-state index in [0.717, 1.165) is 6.42 Å². The monoisotopic (exact) mass is 236 g/mol. The van der Waals surface area contributed by atoms with Crippen molar-refractivity contribution in [2.75, 3.05) is 0 Å². The SMILES string of the molecule is CCCC(=O)NC(CC(=O)O)c1cccnc1. The second-order valence-corrected chi connectivity index (χ2v) is 3.75. The fraction of sp³-hybridized carbons (Fsp3) is 0.417. The average molecular weight is 236 g/mol. The van der Waals surface area contributed by atoms with E-state index in [-0.39, 0.29) is 12.3 Å². The van der Waals surface area contributed by atoms with Crippen LogP contribution in [0.3, 0.4) is 0 Å². The molecule has 1 unspecified atom stereocenters. The number of hydrogen-bond acceptors (Lipinski definition) is 3. The van der Waals surface area contributed by atoms with Gasteiger partial charge in [0.1, 0.15) is 0 Å². The molecule has 0 aliphatic heterocycles. The molecule has 0 aliphatic carbocycles. The largest absolute Gasteiger partial charge is 0.481 e. The summed E-state index contributed by atoms with van der Waals surface area (Å²) in [6.07, 6.45) is 4.17. The molecule has 0 fully saturated rings. The molecule has 17 heavy (non-hydrogen) atoms. The van der Waals surface area contributed by atoms with Gasteiger partial charge in [-0.15, -0.1) is 0 Å². The van der Waals surface area contributed by atoms with E-state index in [1.807, 2.05) is 6.92 Å². The van der Waals surface area contributed by atoms with Gasteiger partial charge >= 0.3 is 5.97 Å². The van der Waals surface area contributed by atoms with Crippen LogP contribution in [-0.2, 0) is 9.59 Å². The molecule has 1 atom stereocenters. The van der Waals surface area contributed by atoms with E-state index in [1.54, 1.807) is 24.5 Å². The third-order valence-electron chi connectivity index (χ3n) is 2.28. The summed E-state index contributed by atoms with van der Waals surface area (Å²) in [5.41, 5.74) is 0.708. The second-order valence-electron chi connectivity index (χ2n) is 3.75. The highest BCUT2D eigenvalue weighted by molar-refractivity contribution is 5.77. The number of carboxylic acids is 1. The van der Waals surface area contributed by atoms with E-state index in [4.69, 9.17) is 5.11 Å². The van der Waals surface area contributed by atoms with Crippen LogP contribution in [-0.4, -0.2) is 22.0 Å². The zero-order valence-electron chi connectivity index (χ0n) is 9.72. The summed E-state index contributed by atoms with van der Waals surface area (Å²) in [5.74, 6) is -1.08. The van der Waals surface area contributed by atoms with Crippen molar-refractivity contribution in [3.8, 4) is 0 Å². The van der Waals surface area contributed by atoms with Crippen molar-refractivity contribution in [3.05, 3.63) is 30.1 Å². The van der Waals surface area contributed by atoms with Crippen molar-refractivity contribution in [3.63, 3.8) is 0 Å². The average Bonchev–Trinajstić information content (AvgIpc) is 2.29. The summed E-state index contributed by atoms with van der Waals surface area (Å²) in [6, 6.07) is 2.96. The predicted molar refractivity (Wildman–Crippen MR) is 62.3 cm³/mol. The quantitative estimate of drug-likeness (QED) is 0.784. The highest BCUT2D eigenvalue weighted by atomic mass is 16.4. The lowest BCUT2D eigenvalue weighted by molar-refractivity contribution is -0.137. The summed E-state index contributed by atoms with van der Waals surface area (Å²) in [5, 5.41) is 11.5. The lowest BCUT2D eigenvalue weighted by atomic mass is 10.1. The molecule has 0 spiro atoms. The minimum absolute atomic E-state index is 0.136. The molecule has 1 amide bonds. The van der Waals surface area contributed by atoms with Gasteiger partial charge in [0.15, 0.2) is 0 Å². The van der Waals surface area contributed by atoms with Gasteiger partial charge in [0.2, 0.25) is 5.91 Å². The first-order chi connectivity index (χ1) is 8.13.